The van der Waals surface area contributed by atoms with Crippen LogP contribution in [0.4, 0.5) is 5.13 Å². The molecule has 1 aliphatic rings. The molecule has 0 unspecified atom stereocenters. The van der Waals surface area contributed by atoms with Crippen LogP contribution in [-0.4, -0.2) is 10.7 Å². The van der Waals surface area contributed by atoms with E-state index in [9.17, 15) is 0 Å². The van der Waals surface area contributed by atoms with Gasteiger partial charge in [0.25, 0.3) is 0 Å². The van der Waals surface area contributed by atoms with Crippen molar-refractivity contribution in [3.63, 3.8) is 0 Å². The molecule has 1 saturated carbocycles. The molecule has 0 bridgehead atoms. The van der Waals surface area contributed by atoms with E-state index in [2.05, 4.69) is 58.4 Å². The zero-order chi connectivity index (χ0) is 16.9. The number of hydrogen-bond acceptors (Lipinski definition) is 4. The summed E-state index contributed by atoms with van der Waals surface area (Å²) in [5.74, 6) is 0. The van der Waals surface area contributed by atoms with E-state index in [1.165, 1.54) is 48.6 Å². The molecule has 1 fully saturated rings. The highest BCUT2D eigenvalue weighted by Gasteiger charge is 2.07. The maximum Gasteiger partial charge on any atom is 0.203 e. The topological polar surface area (TPSA) is 37.3 Å². The van der Waals surface area contributed by atoms with E-state index >= 15 is 0 Å². The monoisotopic (exact) mass is 349 g/mol. The minimum absolute atomic E-state index is 0.873. The number of hydrazone groups is 1. The highest BCUT2D eigenvalue weighted by molar-refractivity contribution is 7.14. The molecule has 1 aromatic heterocycles. The second kappa shape index (κ2) is 7.79. The van der Waals surface area contributed by atoms with Gasteiger partial charge in [0.05, 0.1) is 5.69 Å². The Hall–Kier alpha value is -2.20. The number of fused-ring (bicyclic) bond motifs is 1. The van der Waals surface area contributed by atoms with Crippen molar-refractivity contribution < 1.29 is 0 Å². The summed E-state index contributed by atoms with van der Waals surface area (Å²) in [5, 5.41) is 10.1. The summed E-state index contributed by atoms with van der Waals surface area (Å²) in [6, 6.07) is 14.9. The lowest BCUT2D eigenvalue weighted by molar-refractivity contribution is 0.606. The van der Waals surface area contributed by atoms with Crippen molar-refractivity contribution in [2.24, 2.45) is 5.10 Å². The number of anilines is 1. The van der Waals surface area contributed by atoms with Gasteiger partial charge in [0.1, 0.15) is 0 Å². The molecular weight excluding hydrogens is 326 g/mol. The largest absolute Gasteiger partial charge is 0.253 e. The third kappa shape index (κ3) is 4.07. The maximum absolute atomic E-state index is 4.71. The van der Waals surface area contributed by atoms with Crippen molar-refractivity contribution in [3.8, 4) is 11.3 Å². The van der Waals surface area contributed by atoms with Gasteiger partial charge in [-0.05, 0) is 42.5 Å². The van der Waals surface area contributed by atoms with Crippen LogP contribution >= 0.6 is 11.3 Å². The molecular formula is C21H23N3S. The molecule has 0 radical (unpaired) electrons. The number of nitrogens with one attached hydrogen (secondary N) is 1. The van der Waals surface area contributed by atoms with E-state index in [0.29, 0.717) is 0 Å². The SMILES string of the molecule is c1ccc2cc(-c3csc(NN=C4CCCCCCC4)n3)ccc2c1. The molecule has 0 saturated heterocycles. The molecule has 1 N–H and O–H groups in total. The van der Waals surface area contributed by atoms with Crippen molar-refractivity contribution in [2.75, 3.05) is 5.43 Å². The molecule has 128 valence electrons. The number of benzene rings is 2. The molecule has 3 aromatic rings. The lowest BCUT2D eigenvalue weighted by atomic mass is 9.99. The lowest BCUT2D eigenvalue weighted by Gasteiger charge is -2.10. The highest BCUT2D eigenvalue weighted by atomic mass is 32.1. The number of nitrogens with zero attached hydrogens (tertiary/aromatic N) is 2. The summed E-state index contributed by atoms with van der Waals surface area (Å²) in [6.45, 7) is 0. The molecule has 2 aromatic carbocycles. The zero-order valence-corrected chi connectivity index (χ0v) is 15.2. The Kier molecular flexibility index (Phi) is 5.07. The van der Waals surface area contributed by atoms with E-state index in [-0.39, 0.29) is 0 Å². The van der Waals surface area contributed by atoms with Gasteiger partial charge in [-0.15, -0.1) is 11.3 Å². The Morgan fingerprint density at radius 2 is 1.64 bits per heavy atom. The predicted octanol–water partition coefficient (Wildman–Crippen LogP) is 6.48. The van der Waals surface area contributed by atoms with Crippen molar-refractivity contribution in [1.82, 2.24) is 4.98 Å². The molecule has 3 nitrogen and oxygen atoms in total. The Morgan fingerprint density at radius 3 is 2.48 bits per heavy atom. The fraction of sp³-hybridized carbons (Fsp3) is 0.333. The third-order valence-electron chi connectivity index (χ3n) is 4.79. The van der Waals surface area contributed by atoms with Crippen LogP contribution in [0.15, 0.2) is 52.9 Å². The van der Waals surface area contributed by atoms with E-state index in [1.807, 2.05) is 0 Å². The molecule has 4 heteroatoms. The van der Waals surface area contributed by atoms with Crippen molar-refractivity contribution >= 4 is 33.0 Å². The van der Waals surface area contributed by atoms with E-state index < -0.39 is 0 Å². The van der Waals surface area contributed by atoms with Gasteiger partial charge in [0.2, 0.25) is 5.13 Å². The minimum Gasteiger partial charge on any atom is -0.253 e. The summed E-state index contributed by atoms with van der Waals surface area (Å²) in [6.07, 6.45) is 8.82. The summed E-state index contributed by atoms with van der Waals surface area (Å²) in [7, 11) is 0. The summed E-state index contributed by atoms with van der Waals surface area (Å²) in [4.78, 5) is 4.71. The van der Waals surface area contributed by atoms with E-state index in [0.717, 1.165) is 29.2 Å². The fourth-order valence-electron chi connectivity index (χ4n) is 3.36. The molecule has 0 atom stereocenters. The van der Waals surface area contributed by atoms with Gasteiger partial charge in [-0.2, -0.15) is 5.10 Å². The van der Waals surface area contributed by atoms with Crippen LogP contribution < -0.4 is 5.43 Å². The number of thiazole rings is 1. The zero-order valence-electron chi connectivity index (χ0n) is 14.4. The Labute approximate surface area is 152 Å². The summed E-state index contributed by atoms with van der Waals surface area (Å²) >= 11 is 1.62. The smallest absolute Gasteiger partial charge is 0.203 e. The average molecular weight is 350 g/mol. The van der Waals surface area contributed by atoms with Crippen LogP contribution in [0, 0.1) is 0 Å². The van der Waals surface area contributed by atoms with Gasteiger partial charge in [-0.3, -0.25) is 5.43 Å². The number of rotatable bonds is 3. The Balaban J connectivity index is 1.49. The third-order valence-corrected chi connectivity index (χ3v) is 5.54. The first-order chi connectivity index (χ1) is 12.4. The van der Waals surface area contributed by atoms with Crippen molar-refractivity contribution in [1.29, 1.82) is 0 Å². The molecule has 4 rings (SSSR count). The fourth-order valence-corrected chi connectivity index (χ4v) is 4.02. The van der Waals surface area contributed by atoms with Crippen LogP contribution in [0.5, 0.6) is 0 Å². The van der Waals surface area contributed by atoms with Crippen LogP contribution in [0.3, 0.4) is 0 Å². The Morgan fingerprint density at radius 1 is 0.880 bits per heavy atom. The van der Waals surface area contributed by atoms with Crippen molar-refractivity contribution in [3.05, 3.63) is 47.8 Å². The molecule has 1 heterocycles. The number of hydrogen-bond donors (Lipinski definition) is 1. The highest BCUT2D eigenvalue weighted by Crippen LogP contribution is 2.28. The normalized spacial score (nSPS) is 15.6. The first-order valence-electron chi connectivity index (χ1n) is 9.15. The van der Waals surface area contributed by atoms with E-state index in [4.69, 9.17) is 4.98 Å². The standard InChI is InChI=1S/C21H23N3S/c1-2-4-10-19(11-5-3-1)23-24-21-22-20(15-25-21)18-13-12-16-8-6-7-9-17(16)14-18/h6-9,12-15H,1-5,10-11H2,(H,22,24). The van der Waals surface area contributed by atoms with E-state index in [1.54, 1.807) is 11.3 Å². The maximum atomic E-state index is 4.71. The average Bonchev–Trinajstić information content (AvgIpc) is 3.09. The molecule has 25 heavy (non-hydrogen) atoms. The van der Waals surface area contributed by atoms with Crippen LogP contribution in [0.2, 0.25) is 0 Å². The molecule has 0 spiro atoms. The van der Waals surface area contributed by atoms with Crippen LogP contribution in [0.25, 0.3) is 22.0 Å². The first kappa shape index (κ1) is 16.3. The van der Waals surface area contributed by atoms with Crippen LogP contribution in [0.1, 0.15) is 44.9 Å². The van der Waals surface area contributed by atoms with Gasteiger partial charge >= 0.3 is 0 Å². The molecule has 0 amide bonds. The van der Waals surface area contributed by atoms with Gasteiger partial charge in [0.15, 0.2) is 0 Å². The second-order valence-electron chi connectivity index (χ2n) is 6.66. The first-order valence-corrected chi connectivity index (χ1v) is 10.0. The summed E-state index contributed by atoms with van der Waals surface area (Å²) in [5.41, 5.74) is 6.64. The predicted molar refractivity (Wildman–Crippen MR) is 108 cm³/mol. The lowest BCUT2D eigenvalue weighted by Crippen LogP contribution is -2.05. The van der Waals surface area contributed by atoms with Gasteiger partial charge in [-0.25, -0.2) is 4.98 Å². The second-order valence-corrected chi connectivity index (χ2v) is 7.52. The quantitative estimate of drug-likeness (QED) is 0.550. The van der Waals surface area contributed by atoms with Gasteiger partial charge in [-0.1, -0.05) is 55.7 Å². The minimum atomic E-state index is 0.873. The summed E-state index contributed by atoms with van der Waals surface area (Å²) < 4.78 is 0. The Bertz CT molecular complexity index is 871. The molecule has 1 aliphatic carbocycles. The van der Waals surface area contributed by atoms with Gasteiger partial charge < -0.3 is 0 Å². The number of aromatic nitrogens is 1. The molecule has 0 aliphatic heterocycles. The van der Waals surface area contributed by atoms with Gasteiger partial charge in [0, 0.05) is 16.7 Å². The van der Waals surface area contributed by atoms with Crippen molar-refractivity contribution in [2.45, 2.75) is 44.9 Å². The van der Waals surface area contributed by atoms with Crippen LogP contribution in [-0.2, 0) is 0 Å².